The van der Waals surface area contributed by atoms with Crippen molar-refractivity contribution in [1.82, 2.24) is 5.32 Å². The fraction of sp³-hybridized carbons (Fsp3) is 0.533. The minimum Gasteiger partial charge on any atom is -0.396 e. The Hall–Kier alpha value is -1.39. The van der Waals surface area contributed by atoms with E-state index in [1.165, 1.54) is 0 Å². The Balaban J connectivity index is 1.99. The van der Waals surface area contributed by atoms with Crippen LogP contribution >= 0.6 is 0 Å². The molecule has 1 aromatic carbocycles. The summed E-state index contributed by atoms with van der Waals surface area (Å²) in [6, 6.07) is 9.55. The van der Waals surface area contributed by atoms with Gasteiger partial charge in [0.1, 0.15) is 6.10 Å². The monoisotopic (exact) mass is 263 g/mol. The molecule has 1 amide bonds. The van der Waals surface area contributed by atoms with E-state index in [0.29, 0.717) is 6.42 Å². The second-order valence-corrected chi connectivity index (χ2v) is 5.00. The Bertz CT molecular complexity index is 407. The highest BCUT2D eigenvalue weighted by atomic mass is 16.5. The van der Waals surface area contributed by atoms with Gasteiger partial charge in [0, 0.05) is 6.61 Å². The van der Waals surface area contributed by atoms with Crippen molar-refractivity contribution < 1.29 is 14.6 Å². The van der Waals surface area contributed by atoms with Crippen molar-refractivity contribution in [3.05, 3.63) is 35.9 Å². The zero-order valence-electron chi connectivity index (χ0n) is 11.2. The first-order valence-corrected chi connectivity index (χ1v) is 6.82. The van der Waals surface area contributed by atoms with Crippen LogP contribution in [0.3, 0.4) is 0 Å². The molecule has 2 N–H and O–H groups in total. The third-order valence-corrected chi connectivity index (χ3v) is 3.46. The first-order chi connectivity index (χ1) is 9.20. The Morgan fingerprint density at radius 1 is 1.42 bits per heavy atom. The molecule has 0 unspecified atom stereocenters. The summed E-state index contributed by atoms with van der Waals surface area (Å²) in [6.07, 6.45) is 2.02. The van der Waals surface area contributed by atoms with Crippen LogP contribution in [0.2, 0.25) is 0 Å². The van der Waals surface area contributed by atoms with Gasteiger partial charge >= 0.3 is 0 Å². The molecule has 1 aromatic rings. The molecule has 4 heteroatoms. The lowest BCUT2D eigenvalue weighted by atomic mass is 10.0. The smallest absolute Gasteiger partial charge is 0.249 e. The molecule has 1 heterocycles. The number of amides is 1. The van der Waals surface area contributed by atoms with Crippen LogP contribution in [0.15, 0.2) is 30.3 Å². The number of hydrogen-bond donors (Lipinski definition) is 2. The maximum Gasteiger partial charge on any atom is 0.249 e. The average Bonchev–Trinajstić information content (AvgIpc) is 2.86. The number of aliphatic hydroxyl groups is 1. The predicted molar refractivity (Wildman–Crippen MR) is 72.6 cm³/mol. The van der Waals surface area contributed by atoms with E-state index in [9.17, 15) is 4.79 Å². The van der Waals surface area contributed by atoms with Crippen molar-refractivity contribution in [3.63, 3.8) is 0 Å². The number of rotatable bonds is 5. The number of carbonyl (C=O) groups excluding carboxylic acids is 1. The summed E-state index contributed by atoms with van der Waals surface area (Å²) in [6.45, 7) is 2.03. The van der Waals surface area contributed by atoms with E-state index < -0.39 is 0 Å². The van der Waals surface area contributed by atoms with E-state index in [0.717, 1.165) is 18.4 Å². The third kappa shape index (κ3) is 3.78. The van der Waals surface area contributed by atoms with Gasteiger partial charge in [-0.15, -0.1) is 0 Å². The van der Waals surface area contributed by atoms with Crippen LogP contribution in [0.4, 0.5) is 0 Å². The Labute approximate surface area is 113 Å². The minimum absolute atomic E-state index is 0.0434. The molecule has 1 aliphatic rings. The molecule has 0 aliphatic carbocycles. The molecule has 0 saturated carbocycles. The Morgan fingerprint density at radius 2 is 2.16 bits per heavy atom. The summed E-state index contributed by atoms with van der Waals surface area (Å²) >= 11 is 0. The fourth-order valence-corrected chi connectivity index (χ4v) is 2.40. The number of benzene rings is 1. The van der Waals surface area contributed by atoms with E-state index in [4.69, 9.17) is 9.84 Å². The molecule has 3 atom stereocenters. The molecule has 0 spiro atoms. The van der Waals surface area contributed by atoms with E-state index >= 15 is 0 Å². The SMILES string of the molecule is C[C@@H]1CC[C@H](C(=O)N[C@H](CCO)c2ccccc2)O1. The highest BCUT2D eigenvalue weighted by molar-refractivity contribution is 5.81. The van der Waals surface area contributed by atoms with Crippen LogP contribution in [0, 0.1) is 0 Å². The number of carbonyl (C=O) groups is 1. The summed E-state index contributed by atoms with van der Waals surface area (Å²) in [5.74, 6) is -0.0772. The summed E-state index contributed by atoms with van der Waals surface area (Å²) in [5.41, 5.74) is 1.01. The van der Waals surface area contributed by atoms with Crippen LogP contribution in [0.1, 0.15) is 37.8 Å². The van der Waals surface area contributed by atoms with E-state index in [2.05, 4.69) is 5.32 Å². The molecule has 0 bridgehead atoms. The topological polar surface area (TPSA) is 58.6 Å². The largest absolute Gasteiger partial charge is 0.396 e. The third-order valence-electron chi connectivity index (χ3n) is 3.46. The standard InChI is InChI=1S/C15H21NO3/c1-11-7-8-14(19-11)15(18)16-13(9-10-17)12-5-3-2-4-6-12/h2-6,11,13-14,17H,7-10H2,1H3,(H,16,18)/t11-,13-,14-/m1/s1. The highest BCUT2D eigenvalue weighted by Gasteiger charge is 2.29. The number of ether oxygens (including phenoxy) is 1. The molecule has 4 nitrogen and oxygen atoms in total. The molecule has 1 saturated heterocycles. The zero-order chi connectivity index (χ0) is 13.7. The van der Waals surface area contributed by atoms with Crippen molar-refractivity contribution in [3.8, 4) is 0 Å². The maximum absolute atomic E-state index is 12.1. The number of nitrogens with one attached hydrogen (secondary N) is 1. The van der Waals surface area contributed by atoms with Gasteiger partial charge in [-0.05, 0) is 31.7 Å². The highest BCUT2D eigenvalue weighted by Crippen LogP contribution is 2.21. The molecule has 0 radical (unpaired) electrons. The fourth-order valence-electron chi connectivity index (χ4n) is 2.40. The van der Waals surface area contributed by atoms with Crippen LogP contribution < -0.4 is 5.32 Å². The van der Waals surface area contributed by atoms with Crippen molar-refractivity contribution in [2.75, 3.05) is 6.61 Å². The van der Waals surface area contributed by atoms with Gasteiger partial charge in [0.15, 0.2) is 0 Å². The first-order valence-electron chi connectivity index (χ1n) is 6.82. The van der Waals surface area contributed by atoms with Gasteiger partial charge in [0.25, 0.3) is 0 Å². The van der Waals surface area contributed by atoms with Crippen molar-refractivity contribution >= 4 is 5.91 Å². The molecule has 19 heavy (non-hydrogen) atoms. The van der Waals surface area contributed by atoms with Gasteiger partial charge in [0.2, 0.25) is 5.91 Å². The summed E-state index contributed by atoms with van der Waals surface area (Å²) in [5, 5.41) is 12.1. The normalized spacial score (nSPS) is 24.1. The van der Waals surface area contributed by atoms with E-state index in [1.54, 1.807) is 0 Å². The molecule has 2 rings (SSSR count). The number of hydrogen-bond acceptors (Lipinski definition) is 3. The first kappa shape index (κ1) is 14.0. The summed E-state index contributed by atoms with van der Waals surface area (Å²) in [7, 11) is 0. The van der Waals surface area contributed by atoms with Crippen LogP contribution in [0.25, 0.3) is 0 Å². The summed E-state index contributed by atoms with van der Waals surface area (Å²) < 4.78 is 5.56. The quantitative estimate of drug-likeness (QED) is 0.851. The van der Waals surface area contributed by atoms with Crippen LogP contribution in [-0.2, 0) is 9.53 Å². The molecule has 1 aliphatic heterocycles. The van der Waals surface area contributed by atoms with Gasteiger partial charge in [-0.2, -0.15) is 0 Å². The molecule has 0 aromatic heterocycles. The lowest BCUT2D eigenvalue weighted by Gasteiger charge is -2.20. The molecule has 1 fully saturated rings. The Morgan fingerprint density at radius 3 is 2.74 bits per heavy atom. The maximum atomic E-state index is 12.1. The van der Waals surface area contributed by atoms with Gasteiger partial charge < -0.3 is 15.2 Å². The van der Waals surface area contributed by atoms with E-state index in [1.807, 2.05) is 37.3 Å². The lowest BCUT2D eigenvalue weighted by Crippen LogP contribution is -2.37. The van der Waals surface area contributed by atoms with Gasteiger partial charge in [0.05, 0.1) is 12.1 Å². The van der Waals surface area contributed by atoms with Crippen LogP contribution in [-0.4, -0.2) is 29.8 Å². The van der Waals surface area contributed by atoms with Crippen molar-refractivity contribution in [2.45, 2.75) is 44.4 Å². The molecule has 104 valence electrons. The van der Waals surface area contributed by atoms with E-state index in [-0.39, 0.29) is 30.8 Å². The lowest BCUT2D eigenvalue weighted by molar-refractivity contribution is -0.132. The van der Waals surface area contributed by atoms with Crippen LogP contribution in [0.5, 0.6) is 0 Å². The molecular formula is C15H21NO3. The second kappa shape index (κ2) is 6.68. The summed E-state index contributed by atoms with van der Waals surface area (Å²) in [4.78, 5) is 12.1. The second-order valence-electron chi connectivity index (χ2n) is 5.00. The van der Waals surface area contributed by atoms with Crippen molar-refractivity contribution in [2.24, 2.45) is 0 Å². The van der Waals surface area contributed by atoms with Gasteiger partial charge in [-0.3, -0.25) is 4.79 Å². The minimum atomic E-state index is -0.347. The van der Waals surface area contributed by atoms with Gasteiger partial charge in [-0.1, -0.05) is 30.3 Å². The Kier molecular flexibility index (Phi) is 4.93. The molecular weight excluding hydrogens is 242 g/mol. The number of aliphatic hydroxyl groups excluding tert-OH is 1. The van der Waals surface area contributed by atoms with Crippen molar-refractivity contribution in [1.29, 1.82) is 0 Å². The predicted octanol–water partition coefficient (Wildman–Crippen LogP) is 1.79. The zero-order valence-corrected chi connectivity index (χ0v) is 11.2. The average molecular weight is 263 g/mol. The van der Waals surface area contributed by atoms with Gasteiger partial charge in [-0.25, -0.2) is 0 Å².